The second kappa shape index (κ2) is 7.45. The Kier molecular flexibility index (Phi) is 5.11. The number of para-hydroxylation sites is 1. The minimum absolute atomic E-state index is 0.0425. The van der Waals surface area contributed by atoms with Crippen molar-refractivity contribution in [2.75, 3.05) is 19.0 Å². The third-order valence-electron chi connectivity index (χ3n) is 3.37. The minimum Gasteiger partial charge on any atom is -0.450 e. The number of aryl methyl sites for hydroxylation is 1. The van der Waals surface area contributed by atoms with E-state index in [2.05, 4.69) is 10.3 Å². The number of hydrogen-bond acceptors (Lipinski definition) is 7. The molecule has 3 rings (SSSR count). The number of nitrogens with one attached hydrogen (secondary N) is 1. The Hall–Kier alpha value is -2.71. The van der Waals surface area contributed by atoms with Crippen LogP contribution in [0, 0.1) is 6.92 Å². The molecule has 1 amide bonds. The highest BCUT2D eigenvalue weighted by Gasteiger charge is 2.22. The minimum atomic E-state index is -0.714. The van der Waals surface area contributed by atoms with Gasteiger partial charge in [-0.1, -0.05) is 18.2 Å². The fourth-order valence-electron chi connectivity index (χ4n) is 2.31. The van der Waals surface area contributed by atoms with Crippen molar-refractivity contribution >= 4 is 39.3 Å². The normalized spacial score (nSPS) is 10.8. The van der Waals surface area contributed by atoms with Crippen molar-refractivity contribution < 1.29 is 23.5 Å². The summed E-state index contributed by atoms with van der Waals surface area (Å²) in [5.41, 5.74) is 1.96. The van der Waals surface area contributed by atoms with Crippen LogP contribution < -0.4 is 5.32 Å². The van der Waals surface area contributed by atoms with Crippen LogP contribution in [0.15, 0.2) is 34.1 Å². The number of hydrogen-bond donors (Lipinski definition) is 1. The smallest absolute Gasteiger partial charge is 0.375 e. The van der Waals surface area contributed by atoms with Crippen molar-refractivity contribution in [2.24, 2.45) is 0 Å². The van der Waals surface area contributed by atoms with E-state index in [0.717, 1.165) is 11.1 Å². The summed E-state index contributed by atoms with van der Waals surface area (Å²) in [5, 5.41) is 5.62. The van der Waals surface area contributed by atoms with Crippen LogP contribution in [0.5, 0.6) is 0 Å². The molecule has 0 aliphatic carbocycles. The Labute approximate surface area is 147 Å². The number of nitrogens with zero attached hydrogens (tertiary/aromatic N) is 1. The number of anilines is 1. The van der Waals surface area contributed by atoms with Gasteiger partial charge in [0.05, 0.1) is 12.3 Å². The average Bonchev–Trinajstić information content (AvgIpc) is 3.17. The van der Waals surface area contributed by atoms with Crippen LogP contribution in [0.2, 0.25) is 0 Å². The largest absolute Gasteiger partial charge is 0.450 e. The molecule has 1 aromatic carbocycles. The monoisotopic (exact) mass is 360 g/mol. The summed E-state index contributed by atoms with van der Waals surface area (Å²) in [6.45, 7) is 1.60. The molecule has 0 fully saturated rings. The van der Waals surface area contributed by atoms with E-state index in [-0.39, 0.29) is 12.4 Å². The van der Waals surface area contributed by atoms with E-state index in [1.54, 1.807) is 12.1 Å². The van der Waals surface area contributed by atoms with Gasteiger partial charge in [-0.3, -0.25) is 10.1 Å². The zero-order chi connectivity index (χ0) is 17.8. The van der Waals surface area contributed by atoms with Crippen LogP contribution in [0.3, 0.4) is 0 Å². The molecule has 0 bridgehead atoms. The zero-order valence-electron chi connectivity index (χ0n) is 13.7. The number of carbonyl (C=O) groups is 2. The van der Waals surface area contributed by atoms with Gasteiger partial charge in [-0.25, -0.2) is 9.78 Å². The summed E-state index contributed by atoms with van der Waals surface area (Å²) in [4.78, 5) is 28.3. The molecule has 3 aromatic rings. The first-order chi connectivity index (χ1) is 12.1. The van der Waals surface area contributed by atoms with Crippen LogP contribution in [0.4, 0.5) is 5.13 Å². The van der Waals surface area contributed by atoms with Crippen molar-refractivity contribution in [3.8, 4) is 0 Å². The van der Waals surface area contributed by atoms with Crippen LogP contribution in [-0.4, -0.2) is 30.6 Å². The van der Waals surface area contributed by atoms with Crippen molar-refractivity contribution in [2.45, 2.75) is 13.5 Å². The number of furan rings is 1. The fraction of sp³-hybridized carbons (Fsp3) is 0.235. The highest BCUT2D eigenvalue weighted by atomic mass is 32.1. The number of ether oxygens (including phenoxy) is 2. The van der Waals surface area contributed by atoms with E-state index in [0.29, 0.717) is 16.3 Å². The van der Waals surface area contributed by atoms with E-state index in [1.165, 1.54) is 18.4 Å². The summed E-state index contributed by atoms with van der Waals surface area (Å²) in [5.74, 6) is -1.14. The maximum atomic E-state index is 12.3. The van der Waals surface area contributed by atoms with Gasteiger partial charge < -0.3 is 13.9 Å². The lowest BCUT2D eigenvalue weighted by Crippen LogP contribution is -2.21. The summed E-state index contributed by atoms with van der Waals surface area (Å²) >= 11 is 1.30. The van der Waals surface area contributed by atoms with Gasteiger partial charge in [0.25, 0.3) is 5.91 Å². The molecule has 0 atom stereocenters. The molecule has 1 N–H and O–H groups in total. The lowest BCUT2D eigenvalue weighted by atomic mass is 10.1. The molecule has 2 heterocycles. The number of carbonyl (C=O) groups excluding carboxylic acids is 2. The molecule has 0 aliphatic rings. The second-order valence-electron chi connectivity index (χ2n) is 5.26. The average molecular weight is 360 g/mol. The Morgan fingerprint density at radius 2 is 2.12 bits per heavy atom. The van der Waals surface area contributed by atoms with Gasteiger partial charge in [-0.2, -0.15) is 0 Å². The van der Waals surface area contributed by atoms with Gasteiger partial charge in [0.2, 0.25) is 5.76 Å². The maximum absolute atomic E-state index is 12.3. The number of benzene rings is 1. The highest BCUT2D eigenvalue weighted by molar-refractivity contribution is 7.13. The van der Waals surface area contributed by atoms with Gasteiger partial charge >= 0.3 is 5.97 Å². The topological polar surface area (TPSA) is 90.7 Å². The molecule has 0 saturated carbocycles. The Balaban J connectivity index is 1.69. The number of esters is 1. The van der Waals surface area contributed by atoms with E-state index < -0.39 is 18.5 Å². The lowest BCUT2D eigenvalue weighted by molar-refractivity contribution is -0.119. The van der Waals surface area contributed by atoms with Gasteiger partial charge in [0, 0.05) is 23.4 Å². The van der Waals surface area contributed by atoms with E-state index in [1.807, 2.05) is 24.4 Å². The summed E-state index contributed by atoms with van der Waals surface area (Å²) in [7, 11) is 1.53. The number of methoxy groups -OCH3 is 1. The zero-order valence-corrected chi connectivity index (χ0v) is 14.5. The van der Waals surface area contributed by atoms with Crippen molar-refractivity contribution in [3.63, 3.8) is 0 Å². The van der Waals surface area contributed by atoms with Crippen LogP contribution in [0.1, 0.15) is 21.8 Å². The van der Waals surface area contributed by atoms with Crippen LogP contribution >= 0.6 is 11.3 Å². The highest BCUT2D eigenvalue weighted by Crippen LogP contribution is 2.27. The first-order valence-electron chi connectivity index (χ1n) is 7.47. The van der Waals surface area contributed by atoms with Crippen LogP contribution in [-0.2, 0) is 20.9 Å². The molecule has 0 radical (unpaired) electrons. The van der Waals surface area contributed by atoms with Crippen molar-refractivity contribution in [1.82, 2.24) is 4.98 Å². The van der Waals surface area contributed by atoms with Gasteiger partial charge in [-0.15, -0.1) is 11.3 Å². The molecular weight excluding hydrogens is 344 g/mol. The quantitative estimate of drug-likeness (QED) is 0.679. The molecule has 7 nitrogen and oxygen atoms in total. The summed E-state index contributed by atoms with van der Waals surface area (Å²) in [6.07, 6.45) is 0. The molecule has 0 unspecified atom stereocenters. The number of aromatic nitrogens is 1. The van der Waals surface area contributed by atoms with E-state index in [9.17, 15) is 9.59 Å². The standard InChI is InChI=1S/C17H16N2O5S/c1-10-9-25-17(18-10)19-14(20)8-23-16(21)15-12(7-22-2)11-5-3-4-6-13(11)24-15/h3-6,9H,7-8H2,1-2H3,(H,18,19,20). The fourth-order valence-corrected chi connectivity index (χ4v) is 3.02. The Bertz CT molecular complexity index is 915. The lowest BCUT2D eigenvalue weighted by Gasteiger charge is -2.04. The van der Waals surface area contributed by atoms with E-state index >= 15 is 0 Å². The third-order valence-corrected chi connectivity index (χ3v) is 4.25. The summed E-state index contributed by atoms with van der Waals surface area (Å²) < 4.78 is 15.8. The number of thiazole rings is 1. The van der Waals surface area contributed by atoms with Crippen LogP contribution in [0.25, 0.3) is 11.0 Å². The van der Waals surface area contributed by atoms with Gasteiger partial charge in [-0.05, 0) is 13.0 Å². The molecule has 0 aliphatic heterocycles. The molecule has 2 aromatic heterocycles. The molecule has 130 valence electrons. The van der Waals surface area contributed by atoms with E-state index in [4.69, 9.17) is 13.9 Å². The predicted molar refractivity (Wildman–Crippen MR) is 92.7 cm³/mol. The molecule has 8 heteroatoms. The maximum Gasteiger partial charge on any atom is 0.375 e. The number of amides is 1. The molecule has 0 spiro atoms. The third kappa shape index (κ3) is 3.86. The number of rotatable bonds is 6. The Morgan fingerprint density at radius 3 is 2.84 bits per heavy atom. The molecule has 0 saturated heterocycles. The first-order valence-corrected chi connectivity index (χ1v) is 8.35. The molecule has 25 heavy (non-hydrogen) atoms. The molecular formula is C17H16N2O5S. The number of fused-ring (bicyclic) bond motifs is 1. The SMILES string of the molecule is COCc1c(C(=O)OCC(=O)Nc2nc(C)cs2)oc2ccccc12. The van der Waals surface area contributed by atoms with Gasteiger partial charge in [0.15, 0.2) is 11.7 Å². The Morgan fingerprint density at radius 1 is 1.32 bits per heavy atom. The second-order valence-corrected chi connectivity index (χ2v) is 6.12. The van der Waals surface area contributed by atoms with Crippen molar-refractivity contribution in [3.05, 3.63) is 46.7 Å². The first kappa shape index (κ1) is 17.1. The summed E-state index contributed by atoms with van der Waals surface area (Å²) in [6, 6.07) is 7.24. The van der Waals surface area contributed by atoms with Gasteiger partial charge in [0.1, 0.15) is 5.58 Å². The predicted octanol–water partition coefficient (Wildman–Crippen LogP) is 3.14. The van der Waals surface area contributed by atoms with Crippen molar-refractivity contribution in [1.29, 1.82) is 0 Å².